The van der Waals surface area contributed by atoms with E-state index < -0.39 is 12.0 Å². The highest BCUT2D eigenvalue weighted by atomic mass is 79.9. The topological polar surface area (TPSA) is 74.8 Å². The van der Waals surface area contributed by atoms with Gasteiger partial charge in [-0.05, 0) is 61.4 Å². The molecule has 0 amide bonds. The zero-order valence-corrected chi connectivity index (χ0v) is 25.7. The number of halogens is 1. The molecule has 212 valence electrons. The molecule has 1 aliphatic rings. The SMILES string of the molecule is CCOC(=O)C1=C(C)N=c2s/c(=C/c3cn(Cc4ccc(Br)cc4)c4ccccc34)c(=O)n2[C@H]1c1ccc(OC)cc1. The number of carbonyl (C=O) groups excluding carboxylic acids is 1. The molecule has 1 aliphatic heterocycles. The Bertz CT molecular complexity index is 2020. The number of benzene rings is 3. The molecule has 0 fully saturated rings. The third-order valence-electron chi connectivity index (χ3n) is 7.32. The van der Waals surface area contributed by atoms with Gasteiger partial charge in [-0.25, -0.2) is 9.79 Å². The summed E-state index contributed by atoms with van der Waals surface area (Å²) in [5.41, 5.74) is 4.64. The van der Waals surface area contributed by atoms with E-state index in [1.54, 1.807) is 25.5 Å². The highest BCUT2D eigenvalue weighted by molar-refractivity contribution is 9.10. The normalized spacial score (nSPS) is 15.0. The van der Waals surface area contributed by atoms with Crippen molar-refractivity contribution in [3.63, 3.8) is 0 Å². The zero-order valence-electron chi connectivity index (χ0n) is 23.3. The van der Waals surface area contributed by atoms with Crippen LogP contribution in [0.3, 0.4) is 0 Å². The molecule has 42 heavy (non-hydrogen) atoms. The van der Waals surface area contributed by atoms with E-state index in [0.717, 1.165) is 26.5 Å². The maximum atomic E-state index is 14.1. The molecule has 5 aromatic rings. The summed E-state index contributed by atoms with van der Waals surface area (Å²) in [6.45, 7) is 4.47. The fourth-order valence-corrected chi connectivity index (χ4v) is 6.64. The number of nitrogens with zero attached hydrogens (tertiary/aromatic N) is 3. The van der Waals surface area contributed by atoms with Crippen LogP contribution in [0.5, 0.6) is 5.75 Å². The van der Waals surface area contributed by atoms with Gasteiger partial charge in [-0.1, -0.05) is 69.7 Å². The Hall–Kier alpha value is -4.21. The van der Waals surface area contributed by atoms with E-state index in [-0.39, 0.29) is 12.2 Å². The van der Waals surface area contributed by atoms with Gasteiger partial charge in [0.25, 0.3) is 5.56 Å². The summed E-state index contributed by atoms with van der Waals surface area (Å²) in [7, 11) is 1.60. The molecule has 7 nitrogen and oxygen atoms in total. The Morgan fingerprint density at radius 1 is 1.07 bits per heavy atom. The molecule has 0 saturated carbocycles. The van der Waals surface area contributed by atoms with Crippen molar-refractivity contribution in [3.05, 3.63) is 131 Å². The average Bonchev–Trinajstić information content (AvgIpc) is 3.50. The number of allylic oxidation sites excluding steroid dienone is 1. The minimum atomic E-state index is -0.674. The van der Waals surface area contributed by atoms with E-state index in [4.69, 9.17) is 14.5 Å². The first-order valence-electron chi connectivity index (χ1n) is 13.5. The van der Waals surface area contributed by atoms with Crippen molar-refractivity contribution >= 4 is 50.2 Å². The minimum absolute atomic E-state index is 0.210. The average molecular weight is 643 g/mol. The van der Waals surface area contributed by atoms with Crippen LogP contribution in [-0.4, -0.2) is 28.8 Å². The third kappa shape index (κ3) is 5.14. The first kappa shape index (κ1) is 27.9. The quantitative estimate of drug-likeness (QED) is 0.218. The maximum Gasteiger partial charge on any atom is 0.338 e. The molecule has 1 atom stereocenters. The molecular formula is C33H28BrN3O4S. The van der Waals surface area contributed by atoms with Gasteiger partial charge in [0.15, 0.2) is 4.80 Å². The summed E-state index contributed by atoms with van der Waals surface area (Å²) < 4.78 is 16.1. The number of para-hydroxylation sites is 1. The van der Waals surface area contributed by atoms with Crippen molar-refractivity contribution in [2.24, 2.45) is 4.99 Å². The maximum absolute atomic E-state index is 14.1. The molecule has 3 heterocycles. The number of rotatable bonds is 7. The first-order chi connectivity index (χ1) is 20.4. The van der Waals surface area contributed by atoms with Gasteiger partial charge in [0.2, 0.25) is 0 Å². The lowest BCUT2D eigenvalue weighted by Gasteiger charge is -2.24. The standard InChI is InChI=1S/C33H28BrN3O4S/c1-4-41-32(39)29-20(2)35-33-37(30(29)22-11-15-25(40-3)16-12-22)31(38)28(42-33)17-23-19-36(27-8-6-5-7-26(23)27)18-21-9-13-24(34)14-10-21/h5-17,19,30H,4,18H2,1-3H3/b28-17+/t30-/m0/s1. The molecule has 6 rings (SSSR count). The molecule has 0 unspecified atom stereocenters. The van der Waals surface area contributed by atoms with Gasteiger partial charge in [0.05, 0.1) is 35.6 Å². The van der Waals surface area contributed by atoms with Crippen molar-refractivity contribution < 1.29 is 14.3 Å². The molecule has 0 bridgehead atoms. The highest BCUT2D eigenvalue weighted by Gasteiger charge is 2.33. The summed E-state index contributed by atoms with van der Waals surface area (Å²) in [5.74, 6) is 0.203. The minimum Gasteiger partial charge on any atom is -0.497 e. The predicted octanol–water partition coefficient (Wildman–Crippen LogP) is 5.57. The largest absolute Gasteiger partial charge is 0.497 e. The molecule has 9 heteroatoms. The summed E-state index contributed by atoms with van der Waals surface area (Å²) in [6.07, 6.45) is 4.01. The number of thiazole rings is 1. The Balaban J connectivity index is 1.50. The number of fused-ring (bicyclic) bond motifs is 2. The monoisotopic (exact) mass is 641 g/mol. The van der Waals surface area contributed by atoms with Crippen LogP contribution in [0.4, 0.5) is 0 Å². The van der Waals surface area contributed by atoms with Crippen LogP contribution >= 0.6 is 27.3 Å². The lowest BCUT2D eigenvalue weighted by Crippen LogP contribution is -2.39. The van der Waals surface area contributed by atoms with E-state index in [0.29, 0.717) is 32.9 Å². The molecule has 0 radical (unpaired) electrons. The smallest absolute Gasteiger partial charge is 0.338 e. The summed E-state index contributed by atoms with van der Waals surface area (Å²) in [5, 5.41) is 1.05. The van der Waals surface area contributed by atoms with Crippen LogP contribution in [-0.2, 0) is 16.1 Å². The first-order valence-corrected chi connectivity index (χ1v) is 15.1. The Morgan fingerprint density at radius 2 is 1.81 bits per heavy atom. The van der Waals surface area contributed by atoms with E-state index in [2.05, 4.69) is 51.0 Å². The molecule has 0 saturated heterocycles. The van der Waals surface area contributed by atoms with Crippen molar-refractivity contribution in [2.75, 3.05) is 13.7 Å². The number of ether oxygens (including phenoxy) is 2. The van der Waals surface area contributed by atoms with Crippen LogP contribution in [0.2, 0.25) is 0 Å². The lowest BCUT2D eigenvalue weighted by atomic mass is 9.96. The van der Waals surface area contributed by atoms with Crippen molar-refractivity contribution in [1.82, 2.24) is 9.13 Å². The molecule has 3 aromatic carbocycles. The molecule has 0 aliphatic carbocycles. The molecule has 0 spiro atoms. The molecule has 2 aromatic heterocycles. The van der Waals surface area contributed by atoms with Crippen LogP contribution < -0.4 is 19.6 Å². The van der Waals surface area contributed by atoms with Gasteiger partial charge >= 0.3 is 5.97 Å². The van der Waals surface area contributed by atoms with Crippen molar-refractivity contribution in [3.8, 4) is 5.75 Å². The number of aromatic nitrogens is 2. The zero-order chi connectivity index (χ0) is 29.4. The van der Waals surface area contributed by atoms with Gasteiger partial charge in [0.1, 0.15) is 5.75 Å². The van der Waals surface area contributed by atoms with E-state index in [1.807, 2.05) is 54.6 Å². The number of esters is 1. The third-order valence-corrected chi connectivity index (χ3v) is 8.83. The highest BCUT2D eigenvalue weighted by Crippen LogP contribution is 2.32. The summed E-state index contributed by atoms with van der Waals surface area (Å²) >= 11 is 4.83. The number of methoxy groups -OCH3 is 1. The second-order valence-electron chi connectivity index (χ2n) is 9.93. The van der Waals surface area contributed by atoms with Crippen LogP contribution in [0.1, 0.15) is 36.6 Å². The second kappa shape index (κ2) is 11.6. The van der Waals surface area contributed by atoms with E-state index >= 15 is 0 Å². The van der Waals surface area contributed by atoms with Gasteiger partial charge < -0.3 is 14.0 Å². The Morgan fingerprint density at radius 3 is 2.52 bits per heavy atom. The number of hydrogen-bond donors (Lipinski definition) is 0. The van der Waals surface area contributed by atoms with Crippen LogP contribution in [0.15, 0.2) is 105 Å². The van der Waals surface area contributed by atoms with E-state index in [1.165, 1.54) is 16.9 Å². The van der Waals surface area contributed by atoms with Gasteiger partial charge in [-0.15, -0.1) is 0 Å². The van der Waals surface area contributed by atoms with Gasteiger partial charge in [-0.2, -0.15) is 0 Å². The Kier molecular flexibility index (Phi) is 7.70. The van der Waals surface area contributed by atoms with Gasteiger partial charge in [0, 0.05) is 33.7 Å². The van der Waals surface area contributed by atoms with Crippen LogP contribution in [0.25, 0.3) is 17.0 Å². The lowest BCUT2D eigenvalue weighted by molar-refractivity contribution is -0.139. The van der Waals surface area contributed by atoms with Crippen molar-refractivity contribution in [1.29, 1.82) is 0 Å². The van der Waals surface area contributed by atoms with E-state index in [9.17, 15) is 9.59 Å². The predicted molar refractivity (Wildman–Crippen MR) is 169 cm³/mol. The Labute approximate surface area is 254 Å². The van der Waals surface area contributed by atoms with Gasteiger partial charge in [-0.3, -0.25) is 9.36 Å². The fraction of sp³-hybridized carbons (Fsp3) is 0.182. The molecule has 0 N–H and O–H groups in total. The van der Waals surface area contributed by atoms with Crippen LogP contribution in [0, 0.1) is 0 Å². The number of hydrogen-bond acceptors (Lipinski definition) is 6. The second-order valence-corrected chi connectivity index (χ2v) is 11.9. The molecular weight excluding hydrogens is 614 g/mol. The summed E-state index contributed by atoms with van der Waals surface area (Å²) in [4.78, 5) is 32.5. The number of carbonyl (C=O) groups is 1. The summed E-state index contributed by atoms with van der Waals surface area (Å²) in [6, 6.07) is 23.2. The van der Waals surface area contributed by atoms with Crippen molar-refractivity contribution in [2.45, 2.75) is 26.4 Å². The fourth-order valence-electron chi connectivity index (χ4n) is 5.34.